The Morgan fingerprint density at radius 1 is 1.40 bits per heavy atom. The first-order valence-electron chi connectivity index (χ1n) is 4.40. The summed E-state index contributed by atoms with van der Waals surface area (Å²) < 4.78 is 1.78. The maximum Gasteiger partial charge on any atom is 0.253 e. The number of amides is 1. The second-order valence-corrected chi connectivity index (χ2v) is 5.08. The average Bonchev–Trinajstić information content (AvgIpc) is 2.50. The topological polar surface area (TPSA) is 32.7 Å². The van der Waals surface area contributed by atoms with Gasteiger partial charge in [-0.05, 0) is 41.1 Å². The van der Waals surface area contributed by atoms with E-state index >= 15 is 0 Å². The summed E-state index contributed by atoms with van der Waals surface area (Å²) in [4.78, 5) is 11.6. The van der Waals surface area contributed by atoms with E-state index in [0.29, 0.717) is 6.42 Å². The molecule has 2 rings (SSSR count). The van der Waals surface area contributed by atoms with Crippen LogP contribution in [0, 0.1) is 0 Å². The summed E-state index contributed by atoms with van der Waals surface area (Å²) >= 11 is 6.78. The molecule has 0 spiro atoms. The van der Waals surface area contributed by atoms with Crippen LogP contribution in [-0.4, -0.2) is 11.6 Å². The molecule has 0 unspecified atom stereocenters. The van der Waals surface area contributed by atoms with E-state index in [1.165, 1.54) is 5.01 Å². The average molecular weight is 332 g/mol. The summed E-state index contributed by atoms with van der Waals surface area (Å²) in [6.07, 6.45) is 0.402. The van der Waals surface area contributed by atoms with Crippen molar-refractivity contribution in [1.29, 1.82) is 0 Å². The van der Waals surface area contributed by atoms with Gasteiger partial charge in [0.1, 0.15) is 0 Å². The van der Waals surface area contributed by atoms with Crippen molar-refractivity contribution in [3.63, 3.8) is 0 Å². The van der Waals surface area contributed by atoms with Crippen molar-refractivity contribution >= 4 is 49.2 Å². The van der Waals surface area contributed by atoms with Crippen LogP contribution in [0.4, 0.5) is 5.69 Å². The lowest BCUT2D eigenvalue weighted by molar-refractivity contribution is -0.116. The number of hydrazone groups is 1. The van der Waals surface area contributed by atoms with Gasteiger partial charge in [-0.3, -0.25) is 4.79 Å². The summed E-state index contributed by atoms with van der Waals surface area (Å²) in [5, 5.41) is 5.63. The lowest BCUT2D eigenvalue weighted by Crippen LogP contribution is -2.19. The predicted molar refractivity (Wildman–Crippen MR) is 67.1 cm³/mol. The molecule has 1 heterocycles. The molecular formula is C10H8Br2N2O. The third-order valence-corrected chi connectivity index (χ3v) is 3.21. The Kier molecular flexibility index (Phi) is 2.93. The van der Waals surface area contributed by atoms with Gasteiger partial charge in [0.15, 0.2) is 0 Å². The molecule has 0 N–H and O–H groups in total. The summed E-state index contributed by atoms with van der Waals surface area (Å²) in [5.41, 5.74) is 1.61. The summed E-state index contributed by atoms with van der Waals surface area (Å²) in [5.74, 6) is 0.00583. The first-order chi connectivity index (χ1) is 7.08. The van der Waals surface area contributed by atoms with E-state index in [9.17, 15) is 4.79 Å². The molecule has 5 heteroatoms. The van der Waals surface area contributed by atoms with Gasteiger partial charge in [-0.15, -0.1) is 0 Å². The zero-order valence-electron chi connectivity index (χ0n) is 8.00. The number of rotatable bonds is 1. The lowest BCUT2D eigenvalue weighted by atomic mass is 10.3. The van der Waals surface area contributed by atoms with Crippen LogP contribution in [-0.2, 0) is 4.79 Å². The fraction of sp³-hybridized carbons (Fsp3) is 0.200. The zero-order valence-corrected chi connectivity index (χ0v) is 11.2. The van der Waals surface area contributed by atoms with Gasteiger partial charge in [0.25, 0.3) is 5.91 Å². The Bertz CT molecular complexity index is 457. The number of anilines is 1. The van der Waals surface area contributed by atoms with Crippen molar-refractivity contribution in [2.75, 3.05) is 5.01 Å². The molecule has 1 aliphatic heterocycles. The van der Waals surface area contributed by atoms with Gasteiger partial charge in [0.2, 0.25) is 0 Å². The van der Waals surface area contributed by atoms with Crippen LogP contribution in [0.1, 0.15) is 13.3 Å². The fourth-order valence-corrected chi connectivity index (χ4v) is 2.16. The third kappa shape index (κ3) is 2.13. The minimum Gasteiger partial charge on any atom is -0.272 e. The van der Waals surface area contributed by atoms with Gasteiger partial charge in [-0.1, -0.05) is 15.9 Å². The van der Waals surface area contributed by atoms with E-state index < -0.39 is 0 Å². The number of carbonyl (C=O) groups excluding carboxylic acids is 1. The Balaban J connectivity index is 2.45. The summed E-state index contributed by atoms with van der Waals surface area (Å²) in [6.45, 7) is 1.85. The maximum absolute atomic E-state index is 11.6. The number of halogens is 2. The minimum atomic E-state index is 0.00583. The predicted octanol–water partition coefficient (Wildman–Crippen LogP) is 3.32. The van der Waals surface area contributed by atoms with Crippen LogP contribution >= 0.6 is 31.9 Å². The highest BCUT2D eigenvalue weighted by Crippen LogP contribution is 2.31. The number of carbonyl (C=O) groups is 1. The van der Waals surface area contributed by atoms with Crippen molar-refractivity contribution < 1.29 is 4.79 Å². The quantitative estimate of drug-likeness (QED) is 0.777. The Labute approximate surface area is 104 Å². The van der Waals surface area contributed by atoms with Crippen LogP contribution in [0.5, 0.6) is 0 Å². The van der Waals surface area contributed by atoms with Crippen LogP contribution in [0.3, 0.4) is 0 Å². The van der Waals surface area contributed by atoms with E-state index in [-0.39, 0.29) is 5.91 Å². The molecule has 3 nitrogen and oxygen atoms in total. The van der Waals surface area contributed by atoms with Gasteiger partial charge in [-0.25, -0.2) is 0 Å². The van der Waals surface area contributed by atoms with E-state index in [4.69, 9.17) is 0 Å². The molecule has 1 aromatic carbocycles. The van der Waals surface area contributed by atoms with Crippen LogP contribution in [0.25, 0.3) is 0 Å². The second kappa shape index (κ2) is 4.06. The van der Waals surface area contributed by atoms with Crippen molar-refractivity contribution in [1.82, 2.24) is 0 Å². The molecule has 0 aliphatic carbocycles. The number of benzene rings is 1. The number of nitrogens with zero attached hydrogens (tertiary/aromatic N) is 2. The second-order valence-electron chi connectivity index (χ2n) is 3.31. The molecule has 1 aromatic rings. The molecule has 15 heavy (non-hydrogen) atoms. The molecule has 0 fully saturated rings. The molecular weight excluding hydrogens is 324 g/mol. The fourth-order valence-electron chi connectivity index (χ4n) is 1.39. The van der Waals surface area contributed by atoms with Gasteiger partial charge in [0, 0.05) is 14.7 Å². The monoisotopic (exact) mass is 330 g/mol. The largest absolute Gasteiger partial charge is 0.272 e. The van der Waals surface area contributed by atoms with Crippen LogP contribution in [0.2, 0.25) is 0 Å². The van der Waals surface area contributed by atoms with Gasteiger partial charge in [0.05, 0.1) is 12.1 Å². The molecule has 0 aromatic heterocycles. The van der Waals surface area contributed by atoms with Crippen molar-refractivity contribution in [3.05, 3.63) is 27.1 Å². The molecule has 0 saturated heterocycles. The molecule has 1 amide bonds. The number of hydrogen-bond donors (Lipinski definition) is 0. The molecule has 1 aliphatic rings. The van der Waals surface area contributed by atoms with Crippen molar-refractivity contribution in [2.24, 2.45) is 5.10 Å². The maximum atomic E-state index is 11.6. The first-order valence-corrected chi connectivity index (χ1v) is 5.98. The molecule has 0 bridgehead atoms. The van der Waals surface area contributed by atoms with Gasteiger partial charge < -0.3 is 0 Å². The Hall–Kier alpha value is -0.680. The highest BCUT2D eigenvalue weighted by atomic mass is 79.9. The minimum absolute atomic E-state index is 0.00583. The normalized spacial score (nSPS) is 15.8. The standard InChI is InChI=1S/C10H8Br2N2O/c1-6-4-10(15)14(13-6)9-5-7(11)2-3-8(9)12/h2-3,5H,4H2,1H3. The Morgan fingerprint density at radius 2 is 2.13 bits per heavy atom. The van der Waals surface area contributed by atoms with Gasteiger partial charge >= 0.3 is 0 Å². The van der Waals surface area contributed by atoms with E-state index in [1.54, 1.807) is 0 Å². The summed E-state index contributed by atoms with van der Waals surface area (Å²) in [6, 6.07) is 5.66. The molecule has 0 atom stereocenters. The molecule has 0 saturated carbocycles. The van der Waals surface area contributed by atoms with E-state index in [2.05, 4.69) is 37.0 Å². The SMILES string of the molecule is CC1=NN(c2cc(Br)ccc2Br)C(=O)C1. The number of hydrogen-bond acceptors (Lipinski definition) is 2. The lowest BCUT2D eigenvalue weighted by Gasteiger charge is -2.13. The van der Waals surface area contributed by atoms with Crippen molar-refractivity contribution in [3.8, 4) is 0 Å². The van der Waals surface area contributed by atoms with Crippen molar-refractivity contribution in [2.45, 2.75) is 13.3 Å². The third-order valence-electron chi connectivity index (χ3n) is 2.05. The highest BCUT2D eigenvalue weighted by Gasteiger charge is 2.24. The molecule has 0 radical (unpaired) electrons. The Morgan fingerprint density at radius 3 is 2.73 bits per heavy atom. The zero-order chi connectivity index (χ0) is 11.0. The van der Waals surface area contributed by atoms with E-state index in [1.807, 2.05) is 25.1 Å². The van der Waals surface area contributed by atoms with Gasteiger partial charge in [-0.2, -0.15) is 10.1 Å². The van der Waals surface area contributed by atoms with Crippen LogP contribution in [0.15, 0.2) is 32.2 Å². The highest BCUT2D eigenvalue weighted by molar-refractivity contribution is 9.11. The molecule has 78 valence electrons. The first kappa shape index (κ1) is 10.8. The van der Waals surface area contributed by atoms with Crippen LogP contribution < -0.4 is 5.01 Å². The van der Waals surface area contributed by atoms with E-state index in [0.717, 1.165) is 20.3 Å². The summed E-state index contributed by atoms with van der Waals surface area (Å²) in [7, 11) is 0. The smallest absolute Gasteiger partial charge is 0.253 e.